The standard InChI is InChI=1S/C14H16FN3O3.ClH/c15-10-1-2-11(13(7-10)18(20)21)14(19)17-6-4-12-9(8-17)3-5-16-12;/h1-2,7,9,12,16H,3-6,8H2;1H. The second-order valence-corrected chi connectivity index (χ2v) is 5.57. The van der Waals surface area contributed by atoms with Crippen LogP contribution in [0.1, 0.15) is 23.2 Å². The summed E-state index contributed by atoms with van der Waals surface area (Å²) in [5, 5.41) is 14.4. The van der Waals surface area contributed by atoms with Crippen molar-refractivity contribution < 1.29 is 14.1 Å². The number of hydrogen-bond donors (Lipinski definition) is 1. The number of hydrogen-bond acceptors (Lipinski definition) is 4. The SMILES string of the molecule is Cl.O=C(c1ccc(F)cc1[N+](=O)[O-])N1CCC2NCCC2C1. The van der Waals surface area contributed by atoms with Gasteiger partial charge in [-0.25, -0.2) is 4.39 Å². The molecular weight excluding hydrogens is 313 g/mol. The summed E-state index contributed by atoms with van der Waals surface area (Å²) in [6.45, 7) is 2.13. The van der Waals surface area contributed by atoms with Crippen molar-refractivity contribution in [3.63, 3.8) is 0 Å². The number of piperidine rings is 1. The molecule has 2 atom stereocenters. The zero-order valence-corrected chi connectivity index (χ0v) is 12.6. The van der Waals surface area contributed by atoms with Gasteiger partial charge in [0.25, 0.3) is 11.6 Å². The van der Waals surface area contributed by atoms with Crippen molar-refractivity contribution in [2.45, 2.75) is 18.9 Å². The first-order valence-corrected chi connectivity index (χ1v) is 7.03. The van der Waals surface area contributed by atoms with Gasteiger partial charge in [0.05, 0.1) is 11.0 Å². The van der Waals surface area contributed by atoms with Crippen LogP contribution in [0.15, 0.2) is 18.2 Å². The molecule has 3 rings (SSSR count). The maximum absolute atomic E-state index is 13.2. The van der Waals surface area contributed by atoms with Crippen molar-refractivity contribution in [3.8, 4) is 0 Å². The lowest BCUT2D eigenvalue weighted by Crippen LogP contribution is -2.47. The zero-order chi connectivity index (χ0) is 15.0. The largest absolute Gasteiger partial charge is 0.338 e. The number of halogens is 2. The van der Waals surface area contributed by atoms with E-state index in [1.54, 1.807) is 4.90 Å². The third-order valence-corrected chi connectivity index (χ3v) is 4.33. The van der Waals surface area contributed by atoms with E-state index in [1.807, 2.05) is 0 Å². The highest BCUT2D eigenvalue weighted by Crippen LogP contribution is 2.28. The molecule has 22 heavy (non-hydrogen) atoms. The van der Waals surface area contributed by atoms with Crippen LogP contribution in [0.25, 0.3) is 0 Å². The average molecular weight is 330 g/mol. The van der Waals surface area contributed by atoms with E-state index in [9.17, 15) is 19.3 Å². The third-order valence-electron chi connectivity index (χ3n) is 4.33. The van der Waals surface area contributed by atoms with Crippen LogP contribution in [0.2, 0.25) is 0 Å². The molecule has 120 valence electrons. The van der Waals surface area contributed by atoms with Crippen LogP contribution in [-0.2, 0) is 0 Å². The smallest absolute Gasteiger partial charge is 0.285 e. The number of nitrogens with zero attached hydrogens (tertiary/aromatic N) is 2. The summed E-state index contributed by atoms with van der Waals surface area (Å²) in [4.78, 5) is 24.4. The van der Waals surface area contributed by atoms with Gasteiger partial charge in [0, 0.05) is 19.1 Å². The Morgan fingerprint density at radius 3 is 2.91 bits per heavy atom. The van der Waals surface area contributed by atoms with E-state index in [0.717, 1.165) is 31.5 Å². The van der Waals surface area contributed by atoms with Crippen LogP contribution in [0.3, 0.4) is 0 Å². The van der Waals surface area contributed by atoms with E-state index in [2.05, 4.69) is 5.32 Å². The van der Waals surface area contributed by atoms with Gasteiger partial charge in [-0.15, -0.1) is 12.4 Å². The maximum atomic E-state index is 13.2. The quantitative estimate of drug-likeness (QED) is 0.665. The van der Waals surface area contributed by atoms with E-state index < -0.39 is 16.4 Å². The fourth-order valence-corrected chi connectivity index (χ4v) is 3.24. The number of rotatable bonds is 2. The lowest BCUT2D eigenvalue weighted by atomic mass is 9.93. The number of nitro benzene ring substituents is 1. The second kappa shape index (κ2) is 6.58. The normalized spacial score (nSPS) is 23.6. The molecule has 8 heteroatoms. The number of nitro groups is 1. The molecule has 2 saturated heterocycles. The molecule has 0 aromatic heterocycles. The fraction of sp³-hybridized carbons (Fsp3) is 0.500. The molecule has 2 aliphatic rings. The minimum atomic E-state index is -0.711. The third kappa shape index (κ3) is 3.05. The fourth-order valence-electron chi connectivity index (χ4n) is 3.24. The van der Waals surface area contributed by atoms with E-state index in [1.165, 1.54) is 6.07 Å². The van der Waals surface area contributed by atoms with Gasteiger partial charge in [0.1, 0.15) is 11.4 Å². The van der Waals surface area contributed by atoms with Crippen molar-refractivity contribution in [3.05, 3.63) is 39.7 Å². The Hall–Kier alpha value is -1.73. The van der Waals surface area contributed by atoms with E-state index >= 15 is 0 Å². The molecule has 0 spiro atoms. The monoisotopic (exact) mass is 329 g/mol. The summed E-state index contributed by atoms with van der Waals surface area (Å²) < 4.78 is 13.2. The van der Waals surface area contributed by atoms with Crippen LogP contribution in [0.4, 0.5) is 10.1 Å². The summed E-state index contributed by atoms with van der Waals surface area (Å²) in [7, 11) is 0. The van der Waals surface area contributed by atoms with Gasteiger partial charge >= 0.3 is 0 Å². The molecule has 2 heterocycles. The van der Waals surface area contributed by atoms with Gasteiger partial charge in [-0.2, -0.15) is 0 Å². The molecule has 6 nitrogen and oxygen atoms in total. The van der Waals surface area contributed by atoms with E-state index in [-0.39, 0.29) is 23.9 Å². The zero-order valence-electron chi connectivity index (χ0n) is 11.8. The second-order valence-electron chi connectivity index (χ2n) is 5.57. The minimum absolute atomic E-state index is 0. The molecule has 2 fully saturated rings. The van der Waals surface area contributed by atoms with E-state index in [4.69, 9.17) is 0 Å². The summed E-state index contributed by atoms with van der Waals surface area (Å²) in [5.41, 5.74) is -0.502. The highest BCUT2D eigenvalue weighted by Gasteiger charge is 2.36. The Morgan fingerprint density at radius 2 is 2.18 bits per heavy atom. The number of nitrogens with one attached hydrogen (secondary N) is 1. The maximum Gasteiger partial charge on any atom is 0.285 e. The number of fused-ring (bicyclic) bond motifs is 1. The summed E-state index contributed by atoms with van der Waals surface area (Å²) in [5.74, 6) is -0.689. The highest BCUT2D eigenvalue weighted by atomic mass is 35.5. The molecular formula is C14H17ClFN3O3. The van der Waals surface area contributed by atoms with Crippen molar-refractivity contribution in [2.75, 3.05) is 19.6 Å². The summed E-state index contributed by atoms with van der Waals surface area (Å²) in [6, 6.07) is 3.54. The predicted molar refractivity (Wildman–Crippen MR) is 80.7 cm³/mol. The van der Waals surface area contributed by atoms with Crippen LogP contribution >= 0.6 is 12.4 Å². The molecule has 1 amide bonds. The Kier molecular flexibility index (Phi) is 4.97. The van der Waals surface area contributed by atoms with Gasteiger partial charge in [0.2, 0.25) is 0 Å². The Bertz CT molecular complexity index is 599. The molecule has 0 radical (unpaired) electrons. The van der Waals surface area contributed by atoms with E-state index in [0.29, 0.717) is 25.0 Å². The topological polar surface area (TPSA) is 75.5 Å². The van der Waals surface area contributed by atoms with Gasteiger partial charge < -0.3 is 10.2 Å². The van der Waals surface area contributed by atoms with Crippen LogP contribution < -0.4 is 5.32 Å². The lowest BCUT2D eigenvalue weighted by molar-refractivity contribution is -0.385. The Labute approximate surface area is 133 Å². The first-order valence-electron chi connectivity index (χ1n) is 7.03. The van der Waals surface area contributed by atoms with Crippen molar-refractivity contribution in [1.29, 1.82) is 0 Å². The Balaban J connectivity index is 0.00000176. The van der Waals surface area contributed by atoms with Gasteiger partial charge in [-0.05, 0) is 37.4 Å². The number of carbonyl (C=O) groups is 1. The number of carbonyl (C=O) groups excluding carboxylic acids is 1. The van der Waals surface area contributed by atoms with Crippen molar-refractivity contribution in [2.24, 2.45) is 5.92 Å². The van der Waals surface area contributed by atoms with Crippen molar-refractivity contribution >= 4 is 24.0 Å². The van der Waals surface area contributed by atoms with Gasteiger partial charge in [-0.3, -0.25) is 14.9 Å². The number of amides is 1. The molecule has 2 unspecified atom stereocenters. The van der Waals surface area contributed by atoms with Crippen LogP contribution in [-0.4, -0.2) is 41.4 Å². The van der Waals surface area contributed by atoms with Crippen LogP contribution in [0.5, 0.6) is 0 Å². The highest BCUT2D eigenvalue weighted by molar-refractivity contribution is 5.98. The predicted octanol–water partition coefficient (Wildman–Crippen LogP) is 1.98. The molecule has 1 N–H and O–H groups in total. The van der Waals surface area contributed by atoms with Crippen molar-refractivity contribution in [1.82, 2.24) is 10.2 Å². The minimum Gasteiger partial charge on any atom is -0.338 e. The first-order chi connectivity index (χ1) is 10.1. The molecule has 1 aromatic carbocycles. The number of benzene rings is 1. The van der Waals surface area contributed by atoms with Gasteiger partial charge in [0.15, 0.2) is 0 Å². The molecule has 1 aromatic rings. The van der Waals surface area contributed by atoms with Gasteiger partial charge in [-0.1, -0.05) is 0 Å². The molecule has 0 aliphatic carbocycles. The number of likely N-dealkylation sites (tertiary alicyclic amines) is 1. The van der Waals surface area contributed by atoms with Crippen LogP contribution in [0, 0.1) is 21.8 Å². The molecule has 2 aliphatic heterocycles. The average Bonchev–Trinajstić information content (AvgIpc) is 2.93. The molecule has 0 bridgehead atoms. The first kappa shape index (κ1) is 16.6. The summed E-state index contributed by atoms with van der Waals surface area (Å²) in [6.07, 6.45) is 1.87. The lowest BCUT2D eigenvalue weighted by Gasteiger charge is -2.34. The summed E-state index contributed by atoms with van der Waals surface area (Å²) >= 11 is 0. The molecule has 0 saturated carbocycles. The Morgan fingerprint density at radius 1 is 1.41 bits per heavy atom.